The first kappa shape index (κ1) is 22.5. The fourth-order valence-electron chi connectivity index (χ4n) is 4.69. The van der Waals surface area contributed by atoms with Gasteiger partial charge in [0.15, 0.2) is 0 Å². The predicted octanol–water partition coefficient (Wildman–Crippen LogP) is 4.18. The number of halogens is 1. The average molecular weight is 479 g/mol. The smallest absolute Gasteiger partial charge is 0.337 e. The van der Waals surface area contributed by atoms with E-state index in [9.17, 15) is 9.59 Å². The number of esters is 1. The molecule has 1 fully saturated rings. The van der Waals surface area contributed by atoms with E-state index in [4.69, 9.17) is 16.3 Å². The Labute approximate surface area is 203 Å². The second-order valence-electron chi connectivity index (χ2n) is 8.61. The molecule has 2 amide bonds. The van der Waals surface area contributed by atoms with Crippen molar-refractivity contribution < 1.29 is 14.3 Å². The van der Waals surface area contributed by atoms with Crippen molar-refractivity contribution in [3.63, 3.8) is 0 Å². The molecular weight excluding hydrogens is 452 g/mol. The van der Waals surface area contributed by atoms with Crippen LogP contribution in [-0.2, 0) is 4.74 Å². The van der Waals surface area contributed by atoms with E-state index in [1.165, 1.54) is 18.2 Å². The van der Waals surface area contributed by atoms with Gasteiger partial charge in [-0.05, 0) is 54.5 Å². The van der Waals surface area contributed by atoms with Crippen molar-refractivity contribution in [2.24, 2.45) is 0 Å². The van der Waals surface area contributed by atoms with E-state index >= 15 is 0 Å². The third-order valence-corrected chi connectivity index (χ3v) is 6.84. The standard InChI is InChI=1S/C26H27ClN4O3/c1-34-25(32)19-2-5-21(6-3-19)31-17-23(22-16-20(27)4-7-24(22)31)18-8-11-29(12-9-18)14-15-30-13-10-28-26(30)33/h2-8,16-17H,9-15H2,1H3,(H,28,33). The maximum atomic E-state index is 11.8. The Morgan fingerprint density at radius 2 is 1.94 bits per heavy atom. The van der Waals surface area contributed by atoms with Gasteiger partial charge in [-0.3, -0.25) is 4.90 Å². The molecule has 8 heteroatoms. The molecule has 0 radical (unpaired) electrons. The summed E-state index contributed by atoms with van der Waals surface area (Å²) < 4.78 is 6.95. The predicted molar refractivity (Wildman–Crippen MR) is 134 cm³/mol. The van der Waals surface area contributed by atoms with Gasteiger partial charge in [-0.2, -0.15) is 0 Å². The van der Waals surface area contributed by atoms with Crippen LogP contribution in [0.3, 0.4) is 0 Å². The Balaban J connectivity index is 1.39. The van der Waals surface area contributed by atoms with Gasteiger partial charge >= 0.3 is 12.0 Å². The van der Waals surface area contributed by atoms with Crippen molar-refractivity contribution in [1.29, 1.82) is 0 Å². The van der Waals surface area contributed by atoms with E-state index < -0.39 is 0 Å². The minimum absolute atomic E-state index is 0.0394. The highest BCUT2D eigenvalue weighted by Crippen LogP contribution is 2.34. The molecule has 0 spiro atoms. The molecule has 1 N–H and O–H groups in total. The second-order valence-corrected chi connectivity index (χ2v) is 9.05. The Morgan fingerprint density at radius 3 is 2.62 bits per heavy atom. The Kier molecular flexibility index (Phi) is 6.30. The summed E-state index contributed by atoms with van der Waals surface area (Å²) in [6.45, 7) is 4.95. The quantitative estimate of drug-likeness (QED) is 0.540. The van der Waals surface area contributed by atoms with Crippen molar-refractivity contribution in [1.82, 2.24) is 19.7 Å². The molecule has 0 saturated carbocycles. The summed E-state index contributed by atoms with van der Waals surface area (Å²) in [7, 11) is 1.38. The van der Waals surface area contributed by atoms with Crippen LogP contribution < -0.4 is 5.32 Å². The molecule has 0 bridgehead atoms. The van der Waals surface area contributed by atoms with E-state index in [-0.39, 0.29) is 12.0 Å². The lowest BCUT2D eigenvalue weighted by molar-refractivity contribution is 0.0600. The van der Waals surface area contributed by atoms with Gasteiger partial charge in [0.05, 0.1) is 18.2 Å². The molecule has 3 heterocycles. The SMILES string of the molecule is COC(=O)c1ccc(-n2cc(C3=CCN(CCN4CCNC4=O)CC3)c3cc(Cl)ccc32)cc1. The maximum Gasteiger partial charge on any atom is 0.337 e. The zero-order chi connectivity index (χ0) is 23.7. The van der Waals surface area contributed by atoms with Gasteiger partial charge in [0.2, 0.25) is 0 Å². The molecule has 1 saturated heterocycles. The number of hydrogen-bond donors (Lipinski definition) is 1. The Morgan fingerprint density at radius 1 is 1.12 bits per heavy atom. The second kappa shape index (κ2) is 9.52. The third kappa shape index (κ3) is 4.41. The van der Waals surface area contributed by atoms with Gasteiger partial charge < -0.3 is 19.5 Å². The number of carbonyl (C=O) groups is 2. The fourth-order valence-corrected chi connectivity index (χ4v) is 4.87. The number of rotatable bonds is 6. The van der Waals surface area contributed by atoms with Crippen LogP contribution in [0.5, 0.6) is 0 Å². The molecule has 34 heavy (non-hydrogen) atoms. The highest BCUT2D eigenvalue weighted by molar-refractivity contribution is 6.31. The first-order chi connectivity index (χ1) is 16.5. The Hall–Kier alpha value is -3.29. The molecule has 0 aliphatic carbocycles. The maximum absolute atomic E-state index is 11.8. The zero-order valence-electron chi connectivity index (χ0n) is 19.1. The van der Waals surface area contributed by atoms with Crippen molar-refractivity contribution in [2.45, 2.75) is 6.42 Å². The molecular formula is C26H27ClN4O3. The van der Waals surface area contributed by atoms with Crippen LogP contribution >= 0.6 is 11.6 Å². The third-order valence-electron chi connectivity index (χ3n) is 6.60. The summed E-state index contributed by atoms with van der Waals surface area (Å²) in [4.78, 5) is 27.8. The van der Waals surface area contributed by atoms with Crippen LogP contribution in [-0.4, -0.2) is 72.7 Å². The summed E-state index contributed by atoms with van der Waals surface area (Å²) in [5, 5.41) is 4.67. The molecule has 176 valence electrons. The summed E-state index contributed by atoms with van der Waals surface area (Å²) in [5.41, 5.74) is 5.02. The van der Waals surface area contributed by atoms with E-state index in [0.29, 0.717) is 10.6 Å². The van der Waals surface area contributed by atoms with E-state index in [1.54, 1.807) is 12.1 Å². The number of carbonyl (C=O) groups excluding carboxylic acids is 2. The molecule has 2 aliphatic heterocycles. The van der Waals surface area contributed by atoms with Crippen LogP contribution in [0.25, 0.3) is 22.2 Å². The number of hydrogen-bond acceptors (Lipinski definition) is 4. The molecule has 0 unspecified atom stereocenters. The number of fused-ring (bicyclic) bond motifs is 1. The van der Waals surface area contributed by atoms with Gasteiger partial charge in [0.25, 0.3) is 0 Å². The van der Waals surface area contributed by atoms with Crippen LogP contribution in [0.15, 0.2) is 54.7 Å². The van der Waals surface area contributed by atoms with Crippen LogP contribution in [0.1, 0.15) is 22.3 Å². The monoisotopic (exact) mass is 478 g/mol. The molecule has 3 aromatic rings. The lowest BCUT2D eigenvalue weighted by Gasteiger charge is -2.28. The van der Waals surface area contributed by atoms with Gasteiger partial charge in [-0.25, -0.2) is 9.59 Å². The van der Waals surface area contributed by atoms with Crippen molar-refractivity contribution in [3.05, 3.63) is 70.9 Å². The average Bonchev–Trinajstić information content (AvgIpc) is 3.45. The number of nitrogens with one attached hydrogen (secondary N) is 1. The first-order valence-electron chi connectivity index (χ1n) is 11.5. The van der Waals surface area contributed by atoms with Gasteiger partial charge in [0, 0.05) is 67.1 Å². The van der Waals surface area contributed by atoms with Crippen molar-refractivity contribution >= 4 is 40.1 Å². The number of nitrogens with zero attached hydrogens (tertiary/aromatic N) is 3. The topological polar surface area (TPSA) is 66.8 Å². The minimum Gasteiger partial charge on any atom is -0.465 e. The number of methoxy groups -OCH3 is 1. The highest BCUT2D eigenvalue weighted by atomic mass is 35.5. The summed E-state index contributed by atoms with van der Waals surface area (Å²) >= 11 is 6.37. The Bertz CT molecular complexity index is 1270. The van der Waals surface area contributed by atoms with Gasteiger partial charge in [-0.1, -0.05) is 17.7 Å². The van der Waals surface area contributed by atoms with Crippen molar-refractivity contribution in [3.8, 4) is 5.69 Å². The van der Waals surface area contributed by atoms with E-state index in [2.05, 4.69) is 27.1 Å². The van der Waals surface area contributed by atoms with E-state index in [0.717, 1.165) is 62.3 Å². The van der Waals surface area contributed by atoms with Gasteiger partial charge in [-0.15, -0.1) is 0 Å². The lowest BCUT2D eigenvalue weighted by Crippen LogP contribution is -2.38. The first-order valence-corrected chi connectivity index (χ1v) is 11.8. The molecule has 5 rings (SSSR count). The summed E-state index contributed by atoms with van der Waals surface area (Å²) in [6, 6.07) is 13.4. The highest BCUT2D eigenvalue weighted by Gasteiger charge is 2.22. The summed E-state index contributed by atoms with van der Waals surface area (Å²) in [6.07, 6.45) is 5.37. The molecule has 7 nitrogen and oxygen atoms in total. The number of aromatic nitrogens is 1. The molecule has 2 aliphatic rings. The fraction of sp³-hybridized carbons (Fsp3) is 0.308. The van der Waals surface area contributed by atoms with Gasteiger partial charge in [0.1, 0.15) is 0 Å². The zero-order valence-corrected chi connectivity index (χ0v) is 19.8. The molecule has 0 atom stereocenters. The number of benzene rings is 2. The van der Waals surface area contributed by atoms with Crippen LogP contribution in [0, 0.1) is 0 Å². The van der Waals surface area contributed by atoms with Crippen LogP contribution in [0.4, 0.5) is 4.79 Å². The molecule has 2 aromatic carbocycles. The molecule has 1 aromatic heterocycles. The number of urea groups is 1. The summed E-state index contributed by atoms with van der Waals surface area (Å²) in [5.74, 6) is -0.348. The number of amides is 2. The van der Waals surface area contributed by atoms with Crippen molar-refractivity contribution in [2.75, 3.05) is 46.4 Å². The van der Waals surface area contributed by atoms with E-state index in [1.807, 2.05) is 35.2 Å². The lowest BCUT2D eigenvalue weighted by atomic mass is 9.99. The van der Waals surface area contributed by atoms with Crippen LogP contribution in [0.2, 0.25) is 5.02 Å². The minimum atomic E-state index is -0.348. The number of ether oxygens (including phenoxy) is 1. The normalized spacial score (nSPS) is 16.6. The largest absolute Gasteiger partial charge is 0.465 e.